The molecule has 1 amide bonds. The zero-order valence-corrected chi connectivity index (χ0v) is 9.65. The van der Waals surface area contributed by atoms with Crippen LogP contribution < -0.4 is 11.1 Å². The molecule has 1 aromatic heterocycles. The number of anilines is 1. The Balaban J connectivity index is 2.58. The zero-order chi connectivity index (χ0) is 13.1. The number of aliphatic carboxylic acids is 1. The number of carbonyl (C=O) groups excluding carboxylic acids is 1. The summed E-state index contributed by atoms with van der Waals surface area (Å²) in [5, 5.41) is 17.1. The summed E-state index contributed by atoms with van der Waals surface area (Å²) in [6.07, 6.45) is 0.295. The maximum Gasteiger partial charge on any atom is 0.303 e. The molecule has 0 aliphatic carbocycles. The molecule has 0 unspecified atom stereocenters. The highest BCUT2D eigenvalue weighted by molar-refractivity contribution is 5.91. The van der Waals surface area contributed by atoms with Gasteiger partial charge in [0.05, 0.1) is 0 Å². The van der Waals surface area contributed by atoms with Gasteiger partial charge in [-0.05, 0) is 20.3 Å². The van der Waals surface area contributed by atoms with Crippen LogP contribution in [0.5, 0.6) is 0 Å². The fourth-order valence-electron chi connectivity index (χ4n) is 1.22. The normalized spacial score (nSPS) is 11.2. The number of nitrogens with two attached hydrogens (primary N) is 1. The number of aromatic nitrogens is 3. The van der Waals surface area contributed by atoms with E-state index in [1.807, 2.05) is 0 Å². The number of aromatic amines is 1. The predicted molar refractivity (Wildman–Crippen MR) is 59.2 cm³/mol. The number of hydrogen-bond acceptors (Lipinski definition) is 5. The number of nitrogens with zero attached hydrogens (tertiary/aromatic N) is 2. The summed E-state index contributed by atoms with van der Waals surface area (Å²) in [6.45, 7) is 3.46. The van der Waals surface area contributed by atoms with E-state index in [0.717, 1.165) is 0 Å². The van der Waals surface area contributed by atoms with Crippen LogP contribution in [0.25, 0.3) is 0 Å². The molecule has 1 heterocycles. The number of nitrogens with one attached hydrogen (secondary N) is 2. The highest BCUT2D eigenvalue weighted by atomic mass is 16.4. The smallest absolute Gasteiger partial charge is 0.303 e. The summed E-state index contributed by atoms with van der Waals surface area (Å²) in [6, 6.07) is 0. The molecule has 0 saturated carbocycles. The van der Waals surface area contributed by atoms with Gasteiger partial charge in [0.2, 0.25) is 11.8 Å². The first-order valence-corrected chi connectivity index (χ1v) is 5.02. The molecule has 1 aromatic rings. The maximum atomic E-state index is 11.7. The second kappa shape index (κ2) is 4.81. The van der Waals surface area contributed by atoms with Gasteiger partial charge in [0.1, 0.15) is 0 Å². The second-order valence-electron chi connectivity index (χ2n) is 4.27. The minimum absolute atomic E-state index is 0.00546. The van der Waals surface area contributed by atoms with Crippen molar-refractivity contribution in [3.8, 4) is 0 Å². The number of H-pyrrole nitrogens is 1. The van der Waals surface area contributed by atoms with Crippen molar-refractivity contribution >= 4 is 17.8 Å². The molecular weight excluding hydrogens is 226 g/mol. The molecular formula is C9H15N5O3. The van der Waals surface area contributed by atoms with E-state index in [4.69, 9.17) is 10.8 Å². The average Bonchev–Trinajstić information content (AvgIpc) is 2.61. The van der Waals surface area contributed by atoms with E-state index >= 15 is 0 Å². The first-order chi connectivity index (χ1) is 7.80. The third-order valence-electron chi connectivity index (χ3n) is 2.13. The molecule has 0 atom stereocenters. The predicted octanol–water partition coefficient (Wildman–Crippen LogP) is -0.240. The maximum absolute atomic E-state index is 11.7. The van der Waals surface area contributed by atoms with Crippen LogP contribution in [0.2, 0.25) is 0 Å². The van der Waals surface area contributed by atoms with Gasteiger partial charge in [0, 0.05) is 12.0 Å². The summed E-state index contributed by atoms with van der Waals surface area (Å²) in [5.41, 5.74) is 4.63. The molecule has 94 valence electrons. The van der Waals surface area contributed by atoms with Gasteiger partial charge in [-0.1, -0.05) is 0 Å². The van der Waals surface area contributed by atoms with E-state index in [2.05, 4.69) is 20.5 Å². The third-order valence-corrected chi connectivity index (χ3v) is 2.13. The van der Waals surface area contributed by atoms with Crippen molar-refractivity contribution in [3.63, 3.8) is 0 Å². The summed E-state index contributed by atoms with van der Waals surface area (Å²) < 4.78 is 0. The van der Waals surface area contributed by atoms with Crippen LogP contribution in [0, 0.1) is 0 Å². The van der Waals surface area contributed by atoms with Gasteiger partial charge in [-0.15, -0.1) is 5.10 Å². The van der Waals surface area contributed by atoms with Crippen molar-refractivity contribution in [1.29, 1.82) is 0 Å². The van der Waals surface area contributed by atoms with Crippen molar-refractivity contribution < 1.29 is 14.7 Å². The molecule has 0 fully saturated rings. The molecule has 1 rings (SSSR count). The van der Waals surface area contributed by atoms with Gasteiger partial charge in [0.15, 0.2) is 0 Å². The van der Waals surface area contributed by atoms with Gasteiger partial charge in [-0.2, -0.15) is 4.98 Å². The Hall–Kier alpha value is -2.12. The van der Waals surface area contributed by atoms with E-state index in [1.165, 1.54) is 0 Å². The molecule has 5 N–H and O–H groups in total. The molecule has 0 radical (unpaired) electrons. The van der Waals surface area contributed by atoms with Gasteiger partial charge in [-0.25, -0.2) is 0 Å². The minimum Gasteiger partial charge on any atom is -0.481 e. The molecule has 0 saturated heterocycles. The lowest BCUT2D eigenvalue weighted by molar-refractivity contribution is -0.137. The minimum atomic E-state index is -0.906. The Morgan fingerprint density at radius 2 is 2.18 bits per heavy atom. The first-order valence-electron chi connectivity index (χ1n) is 5.02. The Kier molecular flexibility index (Phi) is 3.66. The Labute approximate surface area is 97.6 Å². The fourth-order valence-corrected chi connectivity index (χ4v) is 1.22. The van der Waals surface area contributed by atoms with Crippen LogP contribution in [-0.4, -0.2) is 37.7 Å². The number of carboxylic acids is 1. The number of hydrogen-bond donors (Lipinski definition) is 4. The van der Waals surface area contributed by atoms with E-state index in [-0.39, 0.29) is 18.2 Å². The number of nitrogen functional groups attached to an aromatic ring is 1. The molecule has 0 spiro atoms. The molecule has 8 nitrogen and oxygen atoms in total. The fraction of sp³-hybridized carbons (Fsp3) is 0.556. The van der Waals surface area contributed by atoms with Gasteiger partial charge < -0.3 is 16.2 Å². The quantitative estimate of drug-likeness (QED) is 0.562. The molecule has 0 aliphatic rings. The summed E-state index contributed by atoms with van der Waals surface area (Å²) in [7, 11) is 0. The topological polar surface area (TPSA) is 134 Å². The summed E-state index contributed by atoms with van der Waals surface area (Å²) in [4.78, 5) is 25.8. The highest BCUT2D eigenvalue weighted by Crippen LogP contribution is 2.11. The Morgan fingerprint density at radius 3 is 2.65 bits per heavy atom. The van der Waals surface area contributed by atoms with E-state index in [1.54, 1.807) is 13.8 Å². The second-order valence-corrected chi connectivity index (χ2v) is 4.27. The standard InChI is InChI=1S/C9H15N5O3/c1-9(2,4-3-5(15)16)12-7(17)6-11-8(10)14-13-6/h3-4H2,1-2H3,(H,12,17)(H,15,16)(H3,10,11,13,14). The van der Waals surface area contributed by atoms with E-state index in [0.29, 0.717) is 6.42 Å². The van der Waals surface area contributed by atoms with Gasteiger partial charge >= 0.3 is 5.97 Å². The van der Waals surface area contributed by atoms with Crippen LogP contribution in [0.15, 0.2) is 0 Å². The molecule has 0 bridgehead atoms. The molecule has 0 aliphatic heterocycles. The van der Waals surface area contributed by atoms with Crippen molar-refractivity contribution in [2.24, 2.45) is 0 Å². The van der Waals surface area contributed by atoms with Crippen LogP contribution in [-0.2, 0) is 4.79 Å². The van der Waals surface area contributed by atoms with Crippen LogP contribution in [0.4, 0.5) is 5.95 Å². The lowest BCUT2D eigenvalue weighted by atomic mass is 9.98. The Morgan fingerprint density at radius 1 is 1.53 bits per heavy atom. The number of carbonyl (C=O) groups is 2. The number of amides is 1. The van der Waals surface area contributed by atoms with Crippen molar-refractivity contribution in [3.05, 3.63) is 5.82 Å². The average molecular weight is 241 g/mol. The van der Waals surface area contributed by atoms with Crippen LogP contribution in [0.3, 0.4) is 0 Å². The number of rotatable bonds is 5. The van der Waals surface area contributed by atoms with Crippen molar-refractivity contribution in [2.45, 2.75) is 32.2 Å². The monoisotopic (exact) mass is 241 g/mol. The van der Waals surface area contributed by atoms with E-state index in [9.17, 15) is 9.59 Å². The largest absolute Gasteiger partial charge is 0.481 e. The van der Waals surface area contributed by atoms with Gasteiger partial charge in [-0.3, -0.25) is 14.7 Å². The van der Waals surface area contributed by atoms with Gasteiger partial charge in [0.25, 0.3) is 5.91 Å². The Bertz CT molecular complexity index is 426. The number of carboxylic acid groups (broad SMARTS) is 1. The molecule has 17 heavy (non-hydrogen) atoms. The third kappa shape index (κ3) is 4.09. The lowest BCUT2D eigenvalue weighted by Crippen LogP contribution is -2.44. The SMILES string of the molecule is CC(C)(CCC(=O)O)NC(=O)c1nc(N)n[nH]1. The van der Waals surface area contributed by atoms with E-state index < -0.39 is 17.4 Å². The van der Waals surface area contributed by atoms with Crippen LogP contribution in [0.1, 0.15) is 37.3 Å². The highest BCUT2D eigenvalue weighted by Gasteiger charge is 2.23. The first kappa shape index (κ1) is 12.9. The zero-order valence-electron chi connectivity index (χ0n) is 9.65. The lowest BCUT2D eigenvalue weighted by Gasteiger charge is -2.24. The molecule has 0 aromatic carbocycles. The summed E-state index contributed by atoms with van der Waals surface area (Å²) >= 11 is 0. The van der Waals surface area contributed by atoms with Crippen molar-refractivity contribution in [1.82, 2.24) is 20.5 Å². The summed E-state index contributed by atoms with van der Waals surface area (Å²) in [5.74, 6) is -1.38. The van der Waals surface area contributed by atoms with Crippen molar-refractivity contribution in [2.75, 3.05) is 5.73 Å². The van der Waals surface area contributed by atoms with Crippen LogP contribution >= 0.6 is 0 Å². The molecule has 8 heteroatoms.